The minimum absolute atomic E-state index is 0.00623. The average molecular weight is 671 g/mol. The first-order chi connectivity index (χ1) is 24.0. The van der Waals surface area contributed by atoms with Gasteiger partial charge in [-0.25, -0.2) is 14.2 Å². The predicted molar refractivity (Wildman–Crippen MR) is 189 cm³/mol. The Morgan fingerprint density at radius 2 is 1.71 bits per heavy atom. The first-order valence-electron chi connectivity index (χ1n) is 15.8. The molecular weight excluding hydrogens is 640 g/mol. The van der Waals surface area contributed by atoms with Crippen LogP contribution in [0.3, 0.4) is 0 Å². The van der Waals surface area contributed by atoms with Crippen LogP contribution in [0.2, 0.25) is 0 Å². The molecule has 5 aromatic carbocycles. The highest BCUT2D eigenvalue weighted by Crippen LogP contribution is 2.36. The van der Waals surface area contributed by atoms with E-state index in [9.17, 15) is 14.0 Å². The number of nitrogens with zero attached hydrogens (tertiary/aromatic N) is 2. The van der Waals surface area contributed by atoms with E-state index in [1.807, 2.05) is 91.0 Å². The number of hydrogen-bond acceptors (Lipinski definition) is 7. The molecule has 6 aromatic rings. The lowest BCUT2D eigenvalue weighted by atomic mass is 9.93. The van der Waals surface area contributed by atoms with E-state index >= 15 is 0 Å². The highest BCUT2D eigenvalue weighted by atomic mass is 32.1. The van der Waals surface area contributed by atoms with Gasteiger partial charge in [-0.1, -0.05) is 102 Å². The number of rotatable bonds is 9. The molecule has 0 saturated carbocycles. The second kappa shape index (κ2) is 13.7. The SMILES string of the molecule is CCOC(=O)C1=C(c2ccccc2)N=c2s/c(=C\c3c(OCc4ccccc4F)ccc4ccccc34)c(=O)n2[C@H]1c1cccc(OC)c1. The fourth-order valence-electron chi connectivity index (χ4n) is 6.02. The molecule has 2 heterocycles. The van der Waals surface area contributed by atoms with Gasteiger partial charge in [0.1, 0.15) is 23.9 Å². The van der Waals surface area contributed by atoms with Gasteiger partial charge in [0.15, 0.2) is 4.80 Å². The lowest BCUT2D eigenvalue weighted by Gasteiger charge is -2.26. The molecule has 1 atom stereocenters. The smallest absolute Gasteiger partial charge is 0.338 e. The molecule has 1 aliphatic rings. The summed E-state index contributed by atoms with van der Waals surface area (Å²) >= 11 is 1.22. The largest absolute Gasteiger partial charge is 0.497 e. The van der Waals surface area contributed by atoms with Crippen molar-refractivity contribution in [1.82, 2.24) is 4.57 Å². The van der Waals surface area contributed by atoms with Crippen LogP contribution in [0.25, 0.3) is 22.5 Å². The van der Waals surface area contributed by atoms with Gasteiger partial charge in [0.25, 0.3) is 5.56 Å². The van der Waals surface area contributed by atoms with Gasteiger partial charge in [0.05, 0.1) is 35.6 Å². The second-order valence-corrected chi connectivity index (χ2v) is 12.3. The van der Waals surface area contributed by atoms with Crippen LogP contribution in [0, 0.1) is 5.82 Å². The summed E-state index contributed by atoms with van der Waals surface area (Å²) < 4.78 is 33.8. The number of esters is 1. The van der Waals surface area contributed by atoms with E-state index in [-0.39, 0.29) is 30.2 Å². The van der Waals surface area contributed by atoms with E-state index in [2.05, 4.69) is 0 Å². The van der Waals surface area contributed by atoms with E-state index in [1.54, 1.807) is 42.9 Å². The molecular formula is C40H31FN2O5S. The number of carbonyl (C=O) groups is 1. The third kappa shape index (κ3) is 6.16. The van der Waals surface area contributed by atoms with Crippen molar-refractivity contribution in [1.29, 1.82) is 0 Å². The van der Waals surface area contributed by atoms with E-state index in [0.717, 1.165) is 10.8 Å². The Labute approximate surface area is 285 Å². The van der Waals surface area contributed by atoms with Crippen LogP contribution in [-0.2, 0) is 16.1 Å². The van der Waals surface area contributed by atoms with Gasteiger partial charge in [-0.05, 0) is 53.6 Å². The third-order valence-electron chi connectivity index (χ3n) is 8.33. The quantitative estimate of drug-likeness (QED) is 0.158. The van der Waals surface area contributed by atoms with E-state index < -0.39 is 12.0 Å². The molecule has 0 unspecified atom stereocenters. The fourth-order valence-corrected chi connectivity index (χ4v) is 7.00. The lowest BCUT2D eigenvalue weighted by Crippen LogP contribution is -2.40. The van der Waals surface area contributed by atoms with Crippen LogP contribution in [0.4, 0.5) is 4.39 Å². The zero-order valence-corrected chi connectivity index (χ0v) is 27.6. The van der Waals surface area contributed by atoms with Gasteiger partial charge in [0, 0.05) is 16.7 Å². The second-order valence-electron chi connectivity index (χ2n) is 11.3. The molecule has 1 aromatic heterocycles. The molecule has 0 fully saturated rings. The Morgan fingerprint density at radius 3 is 2.51 bits per heavy atom. The van der Waals surface area contributed by atoms with Crippen molar-refractivity contribution in [2.24, 2.45) is 4.99 Å². The number of benzene rings is 5. The monoisotopic (exact) mass is 670 g/mol. The number of hydrogen-bond donors (Lipinski definition) is 0. The van der Waals surface area contributed by atoms with E-state index in [4.69, 9.17) is 19.2 Å². The first kappa shape index (κ1) is 31.8. The zero-order chi connectivity index (χ0) is 33.9. The molecule has 7 rings (SSSR count). The van der Waals surface area contributed by atoms with Crippen LogP contribution in [0.5, 0.6) is 11.5 Å². The number of thiazole rings is 1. The fraction of sp³-hybridized carbons (Fsp3) is 0.125. The molecule has 0 spiro atoms. The summed E-state index contributed by atoms with van der Waals surface area (Å²) in [6.45, 7) is 1.90. The van der Waals surface area contributed by atoms with Crippen LogP contribution < -0.4 is 24.4 Å². The molecule has 7 nitrogen and oxygen atoms in total. The minimum atomic E-state index is -0.855. The zero-order valence-electron chi connectivity index (χ0n) is 26.8. The molecule has 0 radical (unpaired) electrons. The summed E-state index contributed by atoms with van der Waals surface area (Å²) in [5, 5.41) is 1.81. The van der Waals surface area contributed by atoms with Crippen molar-refractivity contribution in [2.75, 3.05) is 13.7 Å². The maximum Gasteiger partial charge on any atom is 0.338 e. The van der Waals surface area contributed by atoms with Crippen molar-refractivity contribution in [2.45, 2.75) is 19.6 Å². The summed E-state index contributed by atoms with van der Waals surface area (Å²) in [5.41, 5.74) is 2.81. The minimum Gasteiger partial charge on any atom is -0.497 e. The number of aromatic nitrogens is 1. The maximum absolute atomic E-state index is 14.6. The standard InChI is InChI=1S/C40H31FN2O5S/c1-3-47-39(45)35-36(26-13-5-4-6-14-26)42-40-43(37(35)27-16-11-17-29(22-27)46-2)38(44)34(49-40)23-31-30-18-9-7-12-25(30)20-21-33(31)48-24-28-15-8-10-19-32(28)41/h4-23,37H,3,24H2,1-2H3/b34-23-/t37-/m0/s1. The molecule has 244 valence electrons. The Balaban J connectivity index is 1.47. The van der Waals surface area contributed by atoms with Gasteiger partial charge >= 0.3 is 5.97 Å². The van der Waals surface area contributed by atoms with Gasteiger partial charge in [-0.2, -0.15) is 0 Å². The van der Waals surface area contributed by atoms with E-state index in [1.165, 1.54) is 17.4 Å². The van der Waals surface area contributed by atoms with Crippen LogP contribution in [0.15, 0.2) is 131 Å². The van der Waals surface area contributed by atoms with Gasteiger partial charge in [-0.15, -0.1) is 0 Å². The maximum atomic E-state index is 14.6. The predicted octanol–water partition coefficient (Wildman–Crippen LogP) is 6.82. The van der Waals surface area contributed by atoms with Crippen LogP contribution in [-0.4, -0.2) is 24.3 Å². The molecule has 9 heteroatoms. The Hall–Kier alpha value is -5.80. The number of ether oxygens (including phenoxy) is 3. The van der Waals surface area contributed by atoms with Gasteiger partial charge in [-0.3, -0.25) is 9.36 Å². The summed E-state index contributed by atoms with van der Waals surface area (Å²) in [6.07, 6.45) is 1.79. The summed E-state index contributed by atoms with van der Waals surface area (Å²) in [5.74, 6) is 0.148. The Bertz CT molecular complexity index is 2420. The molecule has 0 bridgehead atoms. The van der Waals surface area contributed by atoms with Crippen molar-refractivity contribution >= 4 is 39.9 Å². The number of carbonyl (C=O) groups excluding carboxylic acids is 1. The summed E-state index contributed by atoms with van der Waals surface area (Å²) in [7, 11) is 1.57. The topological polar surface area (TPSA) is 79.1 Å². The number of halogens is 1. The van der Waals surface area contributed by atoms with Gasteiger partial charge in [0.2, 0.25) is 0 Å². The van der Waals surface area contributed by atoms with Crippen molar-refractivity contribution in [3.63, 3.8) is 0 Å². The molecule has 0 aliphatic carbocycles. The first-order valence-corrected chi connectivity index (χ1v) is 16.6. The highest BCUT2D eigenvalue weighted by molar-refractivity contribution is 7.07. The van der Waals surface area contributed by atoms with Crippen LogP contribution >= 0.6 is 11.3 Å². The average Bonchev–Trinajstić information content (AvgIpc) is 3.45. The number of fused-ring (bicyclic) bond motifs is 2. The van der Waals surface area contributed by atoms with Crippen LogP contribution in [0.1, 0.15) is 35.2 Å². The van der Waals surface area contributed by atoms with Gasteiger partial charge < -0.3 is 14.2 Å². The normalized spacial score (nSPS) is 14.3. The molecule has 1 aliphatic heterocycles. The lowest BCUT2D eigenvalue weighted by molar-refractivity contribution is -0.138. The molecule has 0 N–H and O–H groups in total. The molecule has 49 heavy (non-hydrogen) atoms. The summed E-state index contributed by atoms with van der Waals surface area (Å²) in [4.78, 5) is 33.8. The van der Waals surface area contributed by atoms with Crippen molar-refractivity contribution in [3.8, 4) is 11.5 Å². The molecule has 0 amide bonds. The van der Waals surface area contributed by atoms with E-state index in [0.29, 0.717) is 48.8 Å². The highest BCUT2D eigenvalue weighted by Gasteiger charge is 2.35. The van der Waals surface area contributed by atoms with Crippen molar-refractivity contribution < 1.29 is 23.4 Å². The van der Waals surface area contributed by atoms with Crippen molar-refractivity contribution in [3.05, 3.63) is 169 Å². The Morgan fingerprint density at radius 1 is 0.939 bits per heavy atom. The Kier molecular flexibility index (Phi) is 8.91. The molecule has 0 saturated heterocycles. The summed E-state index contributed by atoms with van der Waals surface area (Å²) in [6, 6.07) is 33.9. The number of methoxy groups -OCH3 is 1. The third-order valence-corrected chi connectivity index (χ3v) is 9.31.